The molecular weight excluding hydrogens is 244 g/mol. The summed E-state index contributed by atoms with van der Waals surface area (Å²) in [6, 6.07) is 7.31. The first-order valence-electron chi connectivity index (χ1n) is 6.40. The van der Waals surface area contributed by atoms with Gasteiger partial charge in [0.05, 0.1) is 12.6 Å². The van der Waals surface area contributed by atoms with E-state index >= 15 is 0 Å². The third-order valence-corrected chi connectivity index (χ3v) is 2.99. The van der Waals surface area contributed by atoms with Crippen LogP contribution in [0.3, 0.4) is 0 Å². The number of anilines is 1. The van der Waals surface area contributed by atoms with Crippen LogP contribution in [-0.2, 0) is 9.59 Å². The molecule has 1 heterocycles. The zero-order valence-corrected chi connectivity index (χ0v) is 11.2. The van der Waals surface area contributed by atoms with Crippen molar-refractivity contribution in [1.29, 1.82) is 0 Å². The number of hydrogen-bond donors (Lipinski definition) is 1. The molecule has 2 amide bonds. The van der Waals surface area contributed by atoms with Gasteiger partial charge in [-0.1, -0.05) is 0 Å². The standard InChI is InChI=1S/C14H18N2O3/c1-3-19-13-6-4-12(5-7-13)16-9-11(8-14(16)18)15-10(2)17/h4-7,11H,3,8-9H2,1-2H3,(H,15,17). The van der Waals surface area contributed by atoms with Gasteiger partial charge in [0.1, 0.15) is 5.75 Å². The van der Waals surface area contributed by atoms with Gasteiger partial charge in [0, 0.05) is 25.6 Å². The van der Waals surface area contributed by atoms with Crippen molar-refractivity contribution in [3.8, 4) is 5.75 Å². The molecule has 1 aliphatic heterocycles. The molecule has 0 aliphatic carbocycles. The first kappa shape index (κ1) is 13.4. The second-order valence-electron chi connectivity index (χ2n) is 4.53. The van der Waals surface area contributed by atoms with Crippen LogP contribution in [0, 0.1) is 0 Å². The predicted molar refractivity (Wildman–Crippen MR) is 72.2 cm³/mol. The summed E-state index contributed by atoms with van der Waals surface area (Å²) < 4.78 is 5.36. The number of carbonyl (C=O) groups excluding carboxylic acids is 2. The first-order chi connectivity index (χ1) is 9.10. The maximum absolute atomic E-state index is 11.9. The van der Waals surface area contributed by atoms with E-state index in [4.69, 9.17) is 4.74 Å². The third-order valence-electron chi connectivity index (χ3n) is 2.99. The molecule has 19 heavy (non-hydrogen) atoms. The van der Waals surface area contributed by atoms with Crippen molar-refractivity contribution in [3.63, 3.8) is 0 Å². The van der Waals surface area contributed by atoms with Gasteiger partial charge >= 0.3 is 0 Å². The summed E-state index contributed by atoms with van der Waals surface area (Å²) in [6.45, 7) is 4.53. The molecule has 1 aliphatic rings. The molecule has 1 unspecified atom stereocenters. The van der Waals surface area contributed by atoms with E-state index in [1.807, 2.05) is 31.2 Å². The van der Waals surface area contributed by atoms with E-state index in [-0.39, 0.29) is 17.9 Å². The van der Waals surface area contributed by atoms with Crippen LogP contribution >= 0.6 is 0 Å². The maximum Gasteiger partial charge on any atom is 0.229 e. The Kier molecular flexibility index (Phi) is 4.04. The Balaban J connectivity index is 2.05. The average Bonchev–Trinajstić information content (AvgIpc) is 2.71. The van der Waals surface area contributed by atoms with E-state index in [9.17, 15) is 9.59 Å². The quantitative estimate of drug-likeness (QED) is 0.890. The molecule has 102 valence electrons. The molecule has 0 spiro atoms. The molecule has 0 radical (unpaired) electrons. The van der Waals surface area contributed by atoms with Crippen LogP contribution in [0.4, 0.5) is 5.69 Å². The smallest absolute Gasteiger partial charge is 0.229 e. The van der Waals surface area contributed by atoms with Crippen LogP contribution in [0.2, 0.25) is 0 Å². The normalized spacial score (nSPS) is 18.5. The van der Waals surface area contributed by atoms with Crippen molar-refractivity contribution in [2.75, 3.05) is 18.1 Å². The summed E-state index contributed by atoms with van der Waals surface area (Å²) >= 11 is 0. The van der Waals surface area contributed by atoms with Crippen molar-refractivity contribution in [1.82, 2.24) is 5.32 Å². The average molecular weight is 262 g/mol. The van der Waals surface area contributed by atoms with E-state index in [1.165, 1.54) is 6.92 Å². The molecule has 1 saturated heterocycles. The Bertz CT molecular complexity index is 470. The molecule has 5 heteroatoms. The fourth-order valence-electron chi connectivity index (χ4n) is 2.23. The Labute approximate surface area is 112 Å². The van der Waals surface area contributed by atoms with E-state index in [0.29, 0.717) is 19.6 Å². The number of nitrogens with zero attached hydrogens (tertiary/aromatic N) is 1. The fourth-order valence-corrected chi connectivity index (χ4v) is 2.23. The number of amides is 2. The number of ether oxygens (including phenoxy) is 1. The summed E-state index contributed by atoms with van der Waals surface area (Å²) in [6.07, 6.45) is 0.354. The Hall–Kier alpha value is -2.04. The maximum atomic E-state index is 11.9. The first-order valence-corrected chi connectivity index (χ1v) is 6.40. The number of rotatable bonds is 4. The molecule has 1 aromatic rings. The molecule has 1 atom stereocenters. The fraction of sp³-hybridized carbons (Fsp3) is 0.429. The van der Waals surface area contributed by atoms with Gasteiger partial charge in [-0.15, -0.1) is 0 Å². The molecule has 0 bridgehead atoms. The van der Waals surface area contributed by atoms with Crippen LogP contribution in [0.25, 0.3) is 0 Å². The Morgan fingerprint density at radius 3 is 2.68 bits per heavy atom. The largest absolute Gasteiger partial charge is 0.494 e. The van der Waals surface area contributed by atoms with Crippen LogP contribution in [0.15, 0.2) is 24.3 Å². The number of hydrogen-bond acceptors (Lipinski definition) is 3. The third kappa shape index (κ3) is 3.24. The van der Waals surface area contributed by atoms with Gasteiger partial charge in [-0.25, -0.2) is 0 Å². The van der Waals surface area contributed by atoms with Gasteiger partial charge in [-0.05, 0) is 31.2 Å². The van der Waals surface area contributed by atoms with Gasteiger partial charge in [0.15, 0.2) is 0 Å². The van der Waals surface area contributed by atoms with Gasteiger partial charge < -0.3 is 15.0 Å². The van der Waals surface area contributed by atoms with Crippen molar-refractivity contribution in [3.05, 3.63) is 24.3 Å². The highest BCUT2D eigenvalue weighted by Gasteiger charge is 2.30. The summed E-state index contributed by atoms with van der Waals surface area (Å²) in [7, 11) is 0. The van der Waals surface area contributed by atoms with Crippen molar-refractivity contribution in [2.45, 2.75) is 26.3 Å². The van der Waals surface area contributed by atoms with Crippen LogP contribution in [-0.4, -0.2) is 31.0 Å². The molecule has 1 aromatic carbocycles. The van der Waals surface area contributed by atoms with E-state index in [1.54, 1.807) is 4.90 Å². The number of nitrogens with one attached hydrogen (secondary N) is 1. The number of benzene rings is 1. The molecule has 5 nitrogen and oxygen atoms in total. The zero-order valence-electron chi connectivity index (χ0n) is 11.2. The van der Waals surface area contributed by atoms with Gasteiger partial charge in [-0.3, -0.25) is 9.59 Å². The van der Waals surface area contributed by atoms with E-state index in [2.05, 4.69) is 5.32 Å². The second kappa shape index (κ2) is 5.73. The van der Waals surface area contributed by atoms with Crippen LogP contribution in [0.5, 0.6) is 5.75 Å². The molecule has 1 N–H and O–H groups in total. The summed E-state index contributed by atoms with van der Waals surface area (Å²) in [5.74, 6) is 0.713. The number of carbonyl (C=O) groups is 2. The lowest BCUT2D eigenvalue weighted by Gasteiger charge is -2.17. The minimum atomic E-state index is -0.105. The highest BCUT2D eigenvalue weighted by molar-refractivity contribution is 5.96. The lowest BCUT2D eigenvalue weighted by molar-refractivity contribution is -0.119. The van der Waals surface area contributed by atoms with Crippen molar-refractivity contribution < 1.29 is 14.3 Å². The predicted octanol–water partition coefficient (Wildman–Crippen LogP) is 1.33. The highest BCUT2D eigenvalue weighted by atomic mass is 16.5. The van der Waals surface area contributed by atoms with E-state index in [0.717, 1.165) is 11.4 Å². The molecular formula is C14H18N2O3. The zero-order chi connectivity index (χ0) is 13.8. The molecule has 2 rings (SSSR count). The SMILES string of the molecule is CCOc1ccc(N2CC(NC(C)=O)CC2=O)cc1. The van der Waals surface area contributed by atoms with Crippen LogP contribution in [0.1, 0.15) is 20.3 Å². The molecule has 0 saturated carbocycles. The van der Waals surface area contributed by atoms with Crippen molar-refractivity contribution in [2.24, 2.45) is 0 Å². The summed E-state index contributed by atoms with van der Waals surface area (Å²) in [4.78, 5) is 24.6. The summed E-state index contributed by atoms with van der Waals surface area (Å²) in [5.41, 5.74) is 0.835. The highest BCUT2D eigenvalue weighted by Crippen LogP contribution is 2.24. The Morgan fingerprint density at radius 1 is 1.42 bits per heavy atom. The second-order valence-corrected chi connectivity index (χ2v) is 4.53. The molecule has 1 fully saturated rings. The molecule has 0 aromatic heterocycles. The van der Waals surface area contributed by atoms with Gasteiger partial charge in [-0.2, -0.15) is 0 Å². The minimum absolute atomic E-state index is 0.0305. The lowest BCUT2D eigenvalue weighted by atomic mass is 10.2. The van der Waals surface area contributed by atoms with Crippen molar-refractivity contribution >= 4 is 17.5 Å². The Morgan fingerprint density at radius 2 is 2.11 bits per heavy atom. The van der Waals surface area contributed by atoms with Gasteiger partial charge in [0.2, 0.25) is 11.8 Å². The lowest BCUT2D eigenvalue weighted by Crippen LogP contribution is -2.35. The van der Waals surface area contributed by atoms with Crippen LogP contribution < -0.4 is 15.0 Å². The van der Waals surface area contributed by atoms with Gasteiger partial charge in [0.25, 0.3) is 0 Å². The van der Waals surface area contributed by atoms with E-state index < -0.39 is 0 Å². The minimum Gasteiger partial charge on any atom is -0.494 e. The summed E-state index contributed by atoms with van der Waals surface area (Å²) in [5, 5.41) is 2.78. The monoisotopic (exact) mass is 262 g/mol. The topological polar surface area (TPSA) is 58.6 Å².